The van der Waals surface area contributed by atoms with Gasteiger partial charge >= 0.3 is 0 Å². The summed E-state index contributed by atoms with van der Waals surface area (Å²) in [4.78, 5) is 9.62. The van der Waals surface area contributed by atoms with Gasteiger partial charge in [-0.2, -0.15) is 5.10 Å². The highest BCUT2D eigenvalue weighted by atomic mass is 79.9. The minimum absolute atomic E-state index is 0.617. The molecule has 2 aromatic rings. The minimum Gasteiger partial charge on any atom is -0.380 e. The van der Waals surface area contributed by atoms with E-state index in [1.807, 2.05) is 12.3 Å². The van der Waals surface area contributed by atoms with E-state index in [1.165, 1.54) is 6.42 Å². The summed E-state index contributed by atoms with van der Waals surface area (Å²) in [7, 11) is 0. The fourth-order valence-electron chi connectivity index (χ4n) is 3.13. The summed E-state index contributed by atoms with van der Waals surface area (Å²) in [5, 5.41) is 4.24. The summed E-state index contributed by atoms with van der Waals surface area (Å²) in [6, 6.07) is 2.66. The van der Waals surface area contributed by atoms with Crippen LogP contribution in [-0.4, -0.2) is 64.9 Å². The van der Waals surface area contributed by atoms with Crippen molar-refractivity contribution in [2.75, 3.05) is 44.3 Å². The largest absolute Gasteiger partial charge is 0.380 e. The number of nitrogens with zero attached hydrogens (tertiary/aromatic N) is 5. The van der Waals surface area contributed by atoms with Gasteiger partial charge in [-0.25, -0.2) is 9.50 Å². The first kappa shape index (κ1) is 13.5. The first-order chi connectivity index (χ1) is 10.3. The predicted octanol–water partition coefficient (Wildman–Crippen LogP) is 1.40. The van der Waals surface area contributed by atoms with E-state index in [-0.39, 0.29) is 0 Å². The van der Waals surface area contributed by atoms with Gasteiger partial charge < -0.3 is 9.64 Å². The number of hydrogen-bond acceptors (Lipinski definition) is 5. The van der Waals surface area contributed by atoms with E-state index in [0.717, 1.165) is 55.3 Å². The van der Waals surface area contributed by atoms with Crippen molar-refractivity contribution in [3.8, 4) is 0 Å². The third-order valence-corrected chi connectivity index (χ3v) is 4.93. The molecule has 2 saturated heterocycles. The lowest BCUT2D eigenvalue weighted by atomic mass is 10.2. The molecule has 7 heteroatoms. The molecule has 0 N–H and O–H groups in total. The van der Waals surface area contributed by atoms with Crippen LogP contribution in [0.25, 0.3) is 5.65 Å². The summed E-state index contributed by atoms with van der Waals surface area (Å²) in [6.07, 6.45) is 4.93. The fourth-order valence-corrected chi connectivity index (χ4v) is 3.50. The first-order valence-electron chi connectivity index (χ1n) is 7.38. The zero-order chi connectivity index (χ0) is 14.2. The van der Waals surface area contributed by atoms with E-state index < -0.39 is 0 Å². The van der Waals surface area contributed by atoms with E-state index in [9.17, 15) is 0 Å². The molecule has 6 nitrogen and oxygen atoms in total. The second-order valence-electron chi connectivity index (χ2n) is 5.59. The van der Waals surface area contributed by atoms with Gasteiger partial charge in [-0.15, -0.1) is 0 Å². The summed E-state index contributed by atoms with van der Waals surface area (Å²) < 4.78 is 8.22. The van der Waals surface area contributed by atoms with Crippen molar-refractivity contribution in [3.05, 3.63) is 22.9 Å². The number of anilines is 1. The van der Waals surface area contributed by atoms with Crippen molar-refractivity contribution >= 4 is 27.4 Å². The highest BCUT2D eigenvalue weighted by Gasteiger charge is 2.27. The molecule has 0 aromatic carbocycles. The molecule has 2 aromatic heterocycles. The number of piperazine rings is 1. The van der Waals surface area contributed by atoms with Crippen LogP contribution in [0.3, 0.4) is 0 Å². The molecule has 4 rings (SSSR count). The molecule has 0 spiro atoms. The smallest absolute Gasteiger partial charge is 0.171 e. The van der Waals surface area contributed by atoms with Crippen LogP contribution in [0.1, 0.15) is 6.42 Å². The predicted molar refractivity (Wildman–Crippen MR) is 83.7 cm³/mol. The Morgan fingerprint density at radius 2 is 2.10 bits per heavy atom. The molecule has 0 aliphatic carbocycles. The van der Waals surface area contributed by atoms with E-state index >= 15 is 0 Å². The van der Waals surface area contributed by atoms with Crippen LogP contribution in [-0.2, 0) is 4.74 Å². The molecule has 0 saturated carbocycles. The van der Waals surface area contributed by atoms with Crippen molar-refractivity contribution in [2.45, 2.75) is 12.5 Å². The van der Waals surface area contributed by atoms with Gasteiger partial charge in [0.1, 0.15) is 5.82 Å². The maximum Gasteiger partial charge on any atom is 0.171 e. The monoisotopic (exact) mass is 351 g/mol. The zero-order valence-electron chi connectivity index (χ0n) is 11.8. The number of fused-ring (bicyclic) bond motifs is 1. The van der Waals surface area contributed by atoms with Gasteiger partial charge in [0.2, 0.25) is 0 Å². The van der Waals surface area contributed by atoms with Gasteiger partial charge in [0.25, 0.3) is 0 Å². The van der Waals surface area contributed by atoms with Gasteiger partial charge in [-0.05, 0) is 28.4 Å². The van der Waals surface area contributed by atoms with E-state index in [4.69, 9.17) is 9.72 Å². The third-order valence-electron chi connectivity index (χ3n) is 4.37. The maximum absolute atomic E-state index is 5.49. The van der Waals surface area contributed by atoms with Crippen molar-refractivity contribution < 1.29 is 4.74 Å². The standard InChI is InChI=1S/C14H18BrN5O/c15-12-9-16-20-3-1-13(17-14(12)20)19-6-4-18(5-7-19)11-2-8-21-10-11/h1,3,9,11H,2,4-8,10H2/t11-/m1/s1. The minimum atomic E-state index is 0.617. The highest BCUT2D eigenvalue weighted by Crippen LogP contribution is 2.21. The average Bonchev–Trinajstić information content (AvgIpc) is 3.18. The van der Waals surface area contributed by atoms with Crippen LogP contribution in [0, 0.1) is 0 Å². The third kappa shape index (κ3) is 2.54. The Hall–Kier alpha value is -1.18. The topological polar surface area (TPSA) is 45.9 Å². The van der Waals surface area contributed by atoms with Crippen LogP contribution in [0.2, 0.25) is 0 Å². The van der Waals surface area contributed by atoms with Crippen LogP contribution >= 0.6 is 15.9 Å². The van der Waals surface area contributed by atoms with Crippen molar-refractivity contribution in [1.82, 2.24) is 19.5 Å². The zero-order valence-corrected chi connectivity index (χ0v) is 13.4. The Labute approximate surface area is 131 Å². The molecule has 4 heterocycles. The molecule has 0 radical (unpaired) electrons. The van der Waals surface area contributed by atoms with Gasteiger partial charge in [0, 0.05) is 45.0 Å². The maximum atomic E-state index is 5.49. The number of rotatable bonds is 2. The van der Waals surface area contributed by atoms with Crippen LogP contribution in [0.5, 0.6) is 0 Å². The molecule has 0 unspecified atom stereocenters. The Kier molecular flexibility index (Phi) is 3.56. The van der Waals surface area contributed by atoms with E-state index in [1.54, 1.807) is 10.7 Å². The number of hydrogen-bond donors (Lipinski definition) is 0. The summed E-state index contributed by atoms with van der Waals surface area (Å²) >= 11 is 3.49. The molecule has 2 fully saturated rings. The van der Waals surface area contributed by atoms with E-state index in [0.29, 0.717) is 6.04 Å². The lowest BCUT2D eigenvalue weighted by Crippen LogP contribution is -2.50. The molecule has 21 heavy (non-hydrogen) atoms. The normalized spacial score (nSPS) is 24.0. The van der Waals surface area contributed by atoms with Crippen LogP contribution < -0.4 is 4.90 Å². The summed E-state index contributed by atoms with van der Waals surface area (Å²) in [5.74, 6) is 1.03. The Balaban J connectivity index is 1.47. The summed E-state index contributed by atoms with van der Waals surface area (Å²) in [5.41, 5.74) is 0.874. The SMILES string of the molecule is Brc1cnn2ccc(N3CCN([C@@H]4CCOC4)CC3)nc12. The van der Waals surface area contributed by atoms with Crippen molar-refractivity contribution in [2.24, 2.45) is 0 Å². The van der Waals surface area contributed by atoms with E-state index in [2.05, 4.69) is 30.8 Å². The van der Waals surface area contributed by atoms with Crippen molar-refractivity contribution in [3.63, 3.8) is 0 Å². The second-order valence-corrected chi connectivity index (χ2v) is 6.44. The molecule has 1 atom stereocenters. The Morgan fingerprint density at radius 3 is 2.86 bits per heavy atom. The molecule has 2 aliphatic heterocycles. The molecular formula is C14H18BrN5O. The molecule has 112 valence electrons. The number of aromatic nitrogens is 3. The van der Waals surface area contributed by atoms with Gasteiger partial charge in [0.05, 0.1) is 17.3 Å². The van der Waals surface area contributed by atoms with Gasteiger partial charge in [0.15, 0.2) is 5.65 Å². The highest BCUT2D eigenvalue weighted by molar-refractivity contribution is 9.10. The second kappa shape index (κ2) is 5.55. The molecular weight excluding hydrogens is 334 g/mol. The lowest BCUT2D eigenvalue weighted by Gasteiger charge is -2.38. The fraction of sp³-hybridized carbons (Fsp3) is 0.571. The van der Waals surface area contributed by atoms with Crippen LogP contribution in [0.4, 0.5) is 5.82 Å². The molecule has 0 bridgehead atoms. The number of ether oxygens (including phenoxy) is 1. The lowest BCUT2D eigenvalue weighted by molar-refractivity contribution is 0.139. The quantitative estimate of drug-likeness (QED) is 0.818. The van der Waals surface area contributed by atoms with Gasteiger partial charge in [-0.1, -0.05) is 0 Å². The Bertz CT molecular complexity index is 631. The Morgan fingerprint density at radius 1 is 1.24 bits per heavy atom. The number of halogens is 1. The summed E-state index contributed by atoms with van der Waals surface area (Å²) in [6.45, 7) is 6.02. The molecule has 0 amide bonds. The van der Waals surface area contributed by atoms with Crippen LogP contribution in [0.15, 0.2) is 22.9 Å². The molecule has 2 aliphatic rings. The van der Waals surface area contributed by atoms with Crippen molar-refractivity contribution in [1.29, 1.82) is 0 Å². The van der Waals surface area contributed by atoms with Gasteiger partial charge in [-0.3, -0.25) is 4.90 Å². The average molecular weight is 352 g/mol. The first-order valence-corrected chi connectivity index (χ1v) is 8.17.